The summed E-state index contributed by atoms with van der Waals surface area (Å²) >= 11 is 0. The minimum Gasteiger partial charge on any atom is -0.338 e. The normalized spacial score (nSPS) is 11.5. The topological polar surface area (TPSA) is 64.9 Å². The Morgan fingerprint density at radius 3 is 2.69 bits per heavy atom. The highest BCUT2D eigenvalue weighted by Gasteiger charge is 2.08. The predicted molar refractivity (Wildman–Crippen MR) is 51.1 cm³/mol. The van der Waals surface area contributed by atoms with Crippen LogP contribution in [-0.4, -0.2) is 18.6 Å². The van der Waals surface area contributed by atoms with E-state index in [2.05, 4.69) is 10.6 Å². The number of hydrogen-bond donors (Lipinski definition) is 2. The standard InChI is InChI=1S/C9H17N3O/c1-3-7-11-9(13)12-8(4-2)5-6-10/h8H,3-5,7H2,1-2H3,(H2,11,12,13). The molecule has 0 bridgehead atoms. The van der Waals surface area contributed by atoms with E-state index in [9.17, 15) is 4.79 Å². The first kappa shape index (κ1) is 11.8. The van der Waals surface area contributed by atoms with E-state index < -0.39 is 0 Å². The maximum absolute atomic E-state index is 11.1. The van der Waals surface area contributed by atoms with Crippen LogP contribution in [-0.2, 0) is 0 Å². The van der Waals surface area contributed by atoms with Crippen LogP contribution in [0.3, 0.4) is 0 Å². The Morgan fingerprint density at radius 2 is 2.23 bits per heavy atom. The van der Waals surface area contributed by atoms with Crippen molar-refractivity contribution in [3.8, 4) is 6.07 Å². The zero-order valence-electron chi connectivity index (χ0n) is 8.26. The summed E-state index contributed by atoms with van der Waals surface area (Å²) < 4.78 is 0. The van der Waals surface area contributed by atoms with Crippen molar-refractivity contribution in [2.45, 2.75) is 39.2 Å². The molecule has 0 aliphatic carbocycles. The van der Waals surface area contributed by atoms with Gasteiger partial charge >= 0.3 is 6.03 Å². The van der Waals surface area contributed by atoms with Gasteiger partial charge < -0.3 is 10.6 Å². The molecule has 4 heteroatoms. The van der Waals surface area contributed by atoms with Gasteiger partial charge in [-0.2, -0.15) is 5.26 Å². The molecule has 0 saturated carbocycles. The number of nitrogens with one attached hydrogen (secondary N) is 2. The van der Waals surface area contributed by atoms with Crippen molar-refractivity contribution in [3.63, 3.8) is 0 Å². The van der Waals surface area contributed by atoms with E-state index in [-0.39, 0.29) is 12.1 Å². The Kier molecular flexibility index (Phi) is 6.70. The SMILES string of the molecule is CCCNC(=O)NC(CC)CC#N. The molecule has 0 spiro atoms. The van der Waals surface area contributed by atoms with E-state index in [1.165, 1.54) is 0 Å². The van der Waals surface area contributed by atoms with Crippen molar-refractivity contribution in [2.75, 3.05) is 6.54 Å². The number of rotatable bonds is 5. The highest BCUT2D eigenvalue weighted by molar-refractivity contribution is 5.74. The van der Waals surface area contributed by atoms with Crippen molar-refractivity contribution in [1.29, 1.82) is 5.26 Å². The van der Waals surface area contributed by atoms with Crippen LogP contribution in [0.5, 0.6) is 0 Å². The third kappa shape index (κ3) is 5.97. The second-order valence-corrected chi connectivity index (χ2v) is 2.87. The van der Waals surface area contributed by atoms with Gasteiger partial charge in [0.15, 0.2) is 0 Å². The molecule has 74 valence electrons. The lowest BCUT2D eigenvalue weighted by molar-refractivity contribution is 0.236. The van der Waals surface area contributed by atoms with Gasteiger partial charge in [0, 0.05) is 12.6 Å². The number of urea groups is 1. The molecule has 2 N–H and O–H groups in total. The summed E-state index contributed by atoms with van der Waals surface area (Å²) in [4.78, 5) is 11.1. The molecular formula is C9H17N3O. The summed E-state index contributed by atoms with van der Waals surface area (Å²) in [5.74, 6) is 0. The number of amides is 2. The van der Waals surface area contributed by atoms with Gasteiger partial charge in [-0.1, -0.05) is 13.8 Å². The quantitative estimate of drug-likeness (QED) is 0.676. The molecule has 1 atom stereocenters. The monoisotopic (exact) mass is 183 g/mol. The van der Waals surface area contributed by atoms with E-state index in [4.69, 9.17) is 5.26 Å². The van der Waals surface area contributed by atoms with E-state index >= 15 is 0 Å². The number of carbonyl (C=O) groups excluding carboxylic acids is 1. The minimum absolute atomic E-state index is 0.0261. The Balaban J connectivity index is 3.67. The lowest BCUT2D eigenvalue weighted by Crippen LogP contribution is -2.41. The molecule has 0 aromatic carbocycles. The summed E-state index contributed by atoms with van der Waals surface area (Å²) in [6.07, 6.45) is 2.08. The molecule has 0 aliphatic rings. The van der Waals surface area contributed by atoms with Crippen LogP contribution in [0.15, 0.2) is 0 Å². The summed E-state index contributed by atoms with van der Waals surface area (Å²) in [7, 11) is 0. The maximum Gasteiger partial charge on any atom is 0.315 e. The van der Waals surface area contributed by atoms with Crippen molar-refractivity contribution in [1.82, 2.24) is 10.6 Å². The first-order chi connectivity index (χ1) is 6.24. The molecule has 13 heavy (non-hydrogen) atoms. The summed E-state index contributed by atoms with van der Waals surface area (Å²) in [5, 5.41) is 13.9. The molecule has 1 unspecified atom stereocenters. The van der Waals surface area contributed by atoms with Crippen LogP contribution in [0.25, 0.3) is 0 Å². The fourth-order valence-electron chi connectivity index (χ4n) is 0.883. The molecule has 0 saturated heterocycles. The van der Waals surface area contributed by atoms with Crippen LogP contribution in [0, 0.1) is 11.3 Å². The fourth-order valence-corrected chi connectivity index (χ4v) is 0.883. The smallest absolute Gasteiger partial charge is 0.315 e. The predicted octanol–water partition coefficient (Wildman–Crippen LogP) is 1.39. The van der Waals surface area contributed by atoms with Crippen LogP contribution in [0.2, 0.25) is 0 Å². The lowest BCUT2D eigenvalue weighted by atomic mass is 10.2. The lowest BCUT2D eigenvalue weighted by Gasteiger charge is -2.13. The van der Waals surface area contributed by atoms with Crippen LogP contribution < -0.4 is 10.6 Å². The summed E-state index contributed by atoms with van der Waals surface area (Å²) in [6.45, 7) is 4.61. The van der Waals surface area contributed by atoms with Gasteiger partial charge in [0.25, 0.3) is 0 Å². The number of carbonyl (C=O) groups is 1. The number of nitriles is 1. The van der Waals surface area contributed by atoms with Crippen molar-refractivity contribution in [2.24, 2.45) is 0 Å². The van der Waals surface area contributed by atoms with E-state index in [1.807, 2.05) is 19.9 Å². The fraction of sp³-hybridized carbons (Fsp3) is 0.778. The van der Waals surface area contributed by atoms with Crippen LogP contribution in [0.1, 0.15) is 33.1 Å². The molecule has 0 heterocycles. The molecule has 0 aliphatic heterocycles. The third-order valence-corrected chi connectivity index (χ3v) is 1.70. The summed E-state index contributed by atoms with van der Waals surface area (Å²) in [5.41, 5.74) is 0. The minimum atomic E-state index is -0.177. The highest BCUT2D eigenvalue weighted by Crippen LogP contribution is 1.95. The second-order valence-electron chi connectivity index (χ2n) is 2.87. The molecule has 2 amide bonds. The van der Waals surface area contributed by atoms with Gasteiger partial charge in [-0.15, -0.1) is 0 Å². The zero-order valence-corrected chi connectivity index (χ0v) is 8.26. The molecular weight excluding hydrogens is 166 g/mol. The molecule has 0 aromatic heterocycles. The third-order valence-electron chi connectivity index (χ3n) is 1.70. The van der Waals surface area contributed by atoms with Gasteiger partial charge in [-0.05, 0) is 12.8 Å². The summed E-state index contributed by atoms with van der Waals surface area (Å²) in [6, 6.07) is 1.83. The highest BCUT2D eigenvalue weighted by atomic mass is 16.2. The molecule has 4 nitrogen and oxygen atoms in total. The van der Waals surface area contributed by atoms with E-state index in [0.29, 0.717) is 13.0 Å². The van der Waals surface area contributed by atoms with Crippen molar-refractivity contribution < 1.29 is 4.79 Å². The van der Waals surface area contributed by atoms with Gasteiger partial charge in [0.05, 0.1) is 12.5 Å². The Labute approximate surface area is 79.3 Å². The zero-order chi connectivity index (χ0) is 10.1. The van der Waals surface area contributed by atoms with E-state index in [1.54, 1.807) is 0 Å². The maximum atomic E-state index is 11.1. The first-order valence-corrected chi connectivity index (χ1v) is 4.65. The number of nitrogens with zero attached hydrogens (tertiary/aromatic N) is 1. The Hall–Kier alpha value is -1.24. The average molecular weight is 183 g/mol. The van der Waals surface area contributed by atoms with Gasteiger partial charge in [-0.3, -0.25) is 0 Å². The van der Waals surface area contributed by atoms with Crippen LogP contribution >= 0.6 is 0 Å². The van der Waals surface area contributed by atoms with Gasteiger partial charge in [0.1, 0.15) is 0 Å². The number of hydrogen-bond acceptors (Lipinski definition) is 2. The molecule has 0 fully saturated rings. The Morgan fingerprint density at radius 1 is 1.54 bits per heavy atom. The first-order valence-electron chi connectivity index (χ1n) is 4.65. The molecule has 0 rings (SSSR count). The average Bonchev–Trinajstić information content (AvgIpc) is 2.14. The van der Waals surface area contributed by atoms with Gasteiger partial charge in [-0.25, -0.2) is 4.79 Å². The van der Waals surface area contributed by atoms with E-state index in [0.717, 1.165) is 12.8 Å². The van der Waals surface area contributed by atoms with Crippen molar-refractivity contribution >= 4 is 6.03 Å². The second kappa shape index (κ2) is 7.41. The molecule has 0 radical (unpaired) electrons. The largest absolute Gasteiger partial charge is 0.338 e. The molecule has 0 aromatic rings. The Bertz CT molecular complexity index is 186. The van der Waals surface area contributed by atoms with Crippen molar-refractivity contribution in [3.05, 3.63) is 0 Å². The van der Waals surface area contributed by atoms with Crippen LogP contribution in [0.4, 0.5) is 4.79 Å². The van der Waals surface area contributed by atoms with Gasteiger partial charge in [0.2, 0.25) is 0 Å².